The van der Waals surface area contributed by atoms with Crippen LogP contribution < -0.4 is 5.32 Å². The van der Waals surface area contributed by atoms with Crippen LogP contribution in [-0.2, 0) is 16.1 Å². The van der Waals surface area contributed by atoms with Crippen molar-refractivity contribution in [1.82, 2.24) is 4.90 Å². The number of anilines is 1. The number of amides is 2. The van der Waals surface area contributed by atoms with E-state index >= 15 is 0 Å². The number of hydrogen-bond donors (Lipinski definition) is 1. The number of rotatable bonds is 4. The third-order valence-corrected chi connectivity index (χ3v) is 4.29. The summed E-state index contributed by atoms with van der Waals surface area (Å²) < 4.78 is 0. The molecule has 0 spiro atoms. The lowest BCUT2D eigenvalue weighted by molar-refractivity contribution is -0.128. The molecule has 1 atom stereocenters. The van der Waals surface area contributed by atoms with Crippen molar-refractivity contribution in [1.29, 1.82) is 0 Å². The standard InChI is InChI=1S/C20H22N2O2/c1-14-8-15(2)10-18(9-14)21-20(24)17-11-19(23)22(13-17)12-16-6-4-3-5-7-16/h3-10,17H,11-13H2,1-2H3,(H,21,24)/t17-/m1/s1. The SMILES string of the molecule is Cc1cc(C)cc(NC(=O)[C@@H]2CC(=O)N(Cc3ccccc3)C2)c1. The van der Waals surface area contributed by atoms with Gasteiger partial charge in [-0.3, -0.25) is 9.59 Å². The molecule has 124 valence electrons. The van der Waals surface area contributed by atoms with E-state index in [-0.39, 0.29) is 24.2 Å². The summed E-state index contributed by atoms with van der Waals surface area (Å²) in [5.74, 6) is -0.328. The topological polar surface area (TPSA) is 49.4 Å². The van der Waals surface area contributed by atoms with Gasteiger partial charge in [-0.2, -0.15) is 0 Å². The van der Waals surface area contributed by atoms with Crippen LogP contribution >= 0.6 is 0 Å². The number of hydrogen-bond acceptors (Lipinski definition) is 2. The fourth-order valence-corrected chi connectivity index (χ4v) is 3.20. The molecule has 0 aromatic heterocycles. The fourth-order valence-electron chi connectivity index (χ4n) is 3.20. The Bertz CT molecular complexity index is 735. The number of carbonyl (C=O) groups excluding carboxylic acids is 2. The van der Waals surface area contributed by atoms with Crippen LogP contribution in [0.25, 0.3) is 0 Å². The van der Waals surface area contributed by atoms with E-state index in [1.54, 1.807) is 4.90 Å². The van der Waals surface area contributed by atoms with E-state index in [4.69, 9.17) is 0 Å². The van der Waals surface area contributed by atoms with Gasteiger partial charge < -0.3 is 10.2 Å². The number of benzene rings is 2. The van der Waals surface area contributed by atoms with Crippen molar-refractivity contribution in [3.63, 3.8) is 0 Å². The Balaban J connectivity index is 1.63. The molecule has 0 radical (unpaired) electrons. The molecule has 4 heteroatoms. The normalized spacial score (nSPS) is 17.2. The predicted octanol–water partition coefficient (Wildman–Crippen LogP) is 3.29. The van der Waals surface area contributed by atoms with Crippen LogP contribution in [-0.4, -0.2) is 23.3 Å². The molecule has 0 bridgehead atoms. The van der Waals surface area contributed by atoms with Gasteiger partial charge in [0.1, 0.15) is 0 Å². The second-order valence-corrected chi connectivity index (χ2v) is 6.53. The van der Waals surface area contributed by atoms with Crippen molar-refractivity contribution in [3.05, 3.63) is 65.2 Å². The second-order valence-electron chi connectivity index (χ2n) is 6.53. The van der Waals surface area contributed by atoms with E-state index in [9.17, 15) is 9.59 Å². The average molecular weight is 322 g/mol. The second kappa shape index (κ2) is 6.87. The Morgan fingerprint density at radius 1 is 1.12 bits per heavy atom. The highest BCUT2D eigenvalue weighted by Gasteiger charge is 2.34. The first kappa shape index (κ1) is 16.2. The molecule has 1 aliphatic heterocycles. The van der Waals surface area contributed by atoms with Crippen LogP contribution in [0, 0.1) is 19.8 Å². The molecule has 3 rings (SSSR count). The minimum Gasteiger partial charge on any atom is -0.338 e. The van der Waals surface area contributed by atoms with Crippen LogP contribution in [0.5, 0.6) is 0 Å². The van der Waals surface area contributed by atoms with Gasteiger partial charge >= 0.3 is 0 Å². The van der Waals surface area contributed by atoms with E-state index in [0.29, 0.717) is 13.1 Å². The van der Waals surface area contributed by atoms with Crippen LogP contribution in [0.15, 0.2) is 48.5 Å². The lowest BCUT2D eigenvalue weighted by Gasteiger charge is -2.17. The summed E-state index contributed by atoms with van der Waals surface area (Å²) in [7, 11) is 0. The molecule has 1 aliphatic rings. The number of nitrogens with one attached hydrogen (secondary N) is 1. The lowest BCUT2D eigenvalue weighted by Crippen LogP contribution is -2.28. The third-order valence-electron chi connectivity index (χ3n) is 4.29. The molecule has 1 N–H and O–H groups in total. The van der Waals surface area contributed by atoms with E-state index in [2.05, 4.69) is 11.4 Å². The summed E-state index contributed by atoms with van der Waals surface area (Å²) in [5, 5.41) is 2.95. The molecular weight excluding hydrogens is 300 g/mol. The predicted molar refractivity (Wildman–Crippen MR) is 94.5 cm³/mol. The van der Waals surface area contributed by atoms with Gasteiger partial charge in [0.15, 0.2) is 0 Å². The van der Waals surface area contributed by atoms with Crippen molar-refractivity contribution in [2.45, 2.75) is 26.8 Å². The zero-order valence-corrected chi connectivity index (χ0v) is 14.1. The summed E-state index contributed by atoms with van der Waals surface area (Å²) in [6.45, 7) is 5.05. The molecule has 0 unspecified atom stereocenters. The molecule has 2 amide bonds. The number of likely N-dealkylation sites (tertiary alicyclic amines) is 1. The molecule has 1 saturated heterocycles. The summed E-state index contributed by atoms with van der Waals surface area (Å²) in [5.41, 5.74) is 4.10. The van der Waals surface area contributed by atoms with Crippen molar-refractivity contribution in [3.8, 4) is 0 Å². The van der Waals surface area contributed by atoms with E-state index < -0.39 is 0 Å². The van der Waals surface area contributed by atoms with Gasteiger partial charge in [0.2, 0.25) is 11.8 Å². The monoisotopic (exact) mass is 322 g/mol. The Hall–Kier alpha value is -2.62. The van der Waals surface area contributed by atoms with Gasteiger partial charge in [0, 0.05) is 25.2 Å². The maximum absolute atomic E-state index is 12.5. The summed E-state index contributed by atoms with van der Waals surface area (Å²) in [6, 6.07) is 15.8. The lowest BCUT2D eigenvalue weighted by atomic mass is 10.1. The highest BCUT2D eigenvalue weighted by Crippen LogP contribution is 2.22. The average Bonchev–Trinajstić information content (AvgIpc) is 2.88. The smallest absolute Gasteiger partial charge is 0.229 e. The molecule has 2 aromatic rings. The fraction of sp³-hybridized carbons (Fsp3) is 0.300. The molecule has 4 nitrogen and oxygen atoms in total. The Morgan fingerprint density at radius 3 is 2.46 bits per heavy atom. The molecule has 1 fully saturated rings. The summed E-state index contributed by atoms with van der Waals surface area (Å²) in [6.07, 6.45) is 0.281. The minimum atomic E-state index is -0.290. The van der Waals surface area contributed by atoms with E-state index in [1.165, 1.54) is 0 Å². The van der Waals surface area contributed by atoms with E-state index in [0.717, 1.165) is 22.4 Å². The van der Waals surface area contributed by atoms with Crippen molar-refractivity contribution >= 4 is 17.5 Å². The highest BCUT2D eigenvalue weighted by atomic mass is 16.2. The van der Waals surface area contributed by atoms with Gasteiger partial charge in [-0.25, -0.2) is 0 Å². The first-order valence-corrected chi connectivity index (χ1v) is 8.22. The summed E-state index contributed by atoms with van der Waals surface area (Å²) >= 11 is 0. The van der Waals surface area contributed by atoms with Crippen LogP contribution in [0.1, 0.15) is 23.1 Å². The summed E-state index contributed by atoms with van der Waals surface area (Å²) in [4.78, 5) is 26.5. The first-order valence-electron chi connectivity index (χ1n) is 8.22. The van der Waals surface area contributed by atoms with Crippen molar-refractivity contribution < 1.29 is 9.59 Å². The van der Waals surface area contributed by atoms with Crippen LogP contribution in [0.4, 0.5) is 5.69 Å². The van der Waals surface area contributed by atoms with Crippen LogP contribution in [0.2, 0.25) is 0 Å². The van der Waals surface area contributed by atoms with Gasteiger partial charge in [-0.1, -0.05) is 36.4 Å². The van der Waals surface area contributed by atoms with Gasteiger partial charge in [-0.05, 0) is 42.7 Å². The molecule has 2 aromatic carbocycles. The Labute approximate surface area is 142 Å². The highest BCUT2D eigenvalue weighted by molar-refractivity contribution is 5.97. The van der Waals surface area contributed by atoms with Crippen LogP contribution in [0.3, 0.4) is 0 Å². The number of aryl methyl sites for hydroxylation is 2. The maximum Gasteiger partial charge on any atom is 0.229 e. The molecule has 24 heavy (non-hydrogen) atoms. The van der Waals surface area contributed by atoms with Crippen molar-refractivity contribution in [2.75, 3.05) is 11.9 Å². The van der Waals surface area contributed by atoms with E-state index in [1.807, 2.05) is 56.3 Å². The molecular formula is C20H22N2O2. The van der Waals surface area contributed by atoms with Gasteiger partial charge in [-0.15, -0.1) is 0 Å². The molecule has 0 aliphatic carbocycles. The van der Waals surface area contributed by atoms with Crippen molar-refractivity contribution in [2.24, 2.45) is 5.92 Å². The quantitative estimate of drug-likeness (QED) is 0.939. The third kappa shape index (κ3) is 3.82. The Kier molecular flexibility index (Phi) is 4.65. The van der Waals surface area contributed by atoms with Gasteiger partial charge in [0.05, 0.1) is 5.92 Å². The largest absolute Gasteiger partial charge is 0.338 e. The Morgan fingerprint density at radius 2 is 1.79 bits per heavy atom. The molecule has 0 saturated carbocycles. The maximum atomic E-state index is 12.5. The molecule has 1 heterocycles. The van der Waals surface area contributed by atoms with Gasteiger partial charge in [0.25, 0.3) is 0 Å². The minimum absolute atomic E-state index is 0.0411. The first-order chi connectivity index (χ1) is 11.5. The number of nitrogens with zero attached hydrogens (tertiary/aromatic N) is 1. The zero-order chi connectivity index (χ0) is 17.1. The number of carbonyl (C=O) groups is 2. The zero-order valence-electron chi connectivity index (χ0n) is 14.1.